The second kappa shape index (κ2) is 11.7. The molecule has 2 heterocycles. The average molecular weight is 563 g/mol. The van der Waals surface area contributed by atoms with Crippen LogP contribution in [-0.4, -0.2) is 52.5 Å². The van der Waals surface area contributed by atoms with Gasteiger partial charge in [0.25, 0.3) is 11.5 Å². The van der Waals surface area contributed by atoms with Crippen LogP contribution < -0.4 is 16.6 Å². The van der Waals surface area contributed by atoms with Crippen LogP contribution in [-0.2, 0) is 22.5 Å². The summed E-state index contributed by atoms with van der Waals surface area (Å²) in [6.07, 6.45) is 0.783. The molecule has 0 fully saturated rings. The van der Waals surface area contributed by atoms with Crippen LogP contribution in [0, 0.1) is 6.92 Å². The number of hydrogen-bond acceptors (Lipinski definition) is 7. The van der Waals surface area contributed by atoms with Gasteiger partial charge in [0.2, 0.25) is 5.91 Å². The van der Waals surface area contributed by atoms with Crippen LogP contribution in [0.2, 0.25) is 0 Å². The summed E-state index contributed by atoms with van der Waals surface area (Å²) in [5, 5.41) is 2.87. The van der Waals surface area contributed by atoms with Crippen molar-refractivity contribution in [1.29, 1.82) is 0 Å². The number of esters is 1. The van der Waals surface area contributed by atoms with Gasteiger partial charge in [-0.2, -0.15) is 0 Å². The van der Waals surface area contributed by atoms with Crippen LogP contribution in [0.3, 0.4) is 0 Å². The monoisotopic (exact) mass is 562 g/mol. The van der Waals surface area contributed by atoms with E-state index in [1.807, 2.05) is 19.1 Å². The van der Waals surface area contributed by atoms with Crippen LogP contribution in [0.4, 0.5) is 5.69 Å². The predicted molar refractivity (Wildman–Crippen MR) is 155 cm³/mol. The normalized spacial score (nSPS) is 10.9. The van der Waals surface area contributed by atoms with Crippen LogP contribution in [0.5, 0.6) is 0 Å². The first-order valence-corrected chi connectivity index (χ1v) is 13.6. The lowest BCUT2D eigenvalue weighted by Gasteiger charge is -2.14. The van der Waals surface area contributed by atoms with Gasteiger partial charge in [0.05, 0.1) is 33.8 Å². The first kappa shape index (κ1) is 28.5. The number of amides is 2. The smallest absolute Gasteiger partial charge is 0.340 e. The zero-order chi connectivity index (χ0) is 29.1. The largest absolute Gasteiger partial charge is 0.462 e. The summed E-state index contributed by atoms with van der Waals surface area (Å²) in [5.74, 6) is -1.51. The van der Waals surface area contributed by atoms with E-state index in [-0.39, 0.29) is 34.0 Å². The fourth-order valence-electron chi connectivity index (χ4n) is 4.31. The molecule has 2 amide bonds. The third-order valence-electron chi connectivity index (χ3n) is 6.41. The fraction of sp³-hybridized carbons (Fsp3) is 0.276. The van der Waals surface area contributed by atoms with Crippen LogP contribution in [0.1, 0.15) is 45.0 Å². The molecule has 0 unspecified atom stereocenters. The van der Waals surface area contributed by atoms with Gasteiger partial charge in [-0.1, -0.05) is 31.2 Å². The number of thiophene rings is 1. The zero-order valence-electron chi connectivity index (χ0n) is 22.9. The molecule has 208 valence electrons. The maximum Gasteiger partial charge on any atom is 0.340 e. The highest BCUT2D eigenvalue weighted by atomic mass is 32.1. The van der Waals surface area contributed by atoms with E-state index in [4.69, 9.17) is 4.74 Å². The summed E-state index contributed by atoms with van der Waals surface area (Å²) in [6, 6.07) is 13.4. The topological polar surface area (TPSA) is 120 Å². The maximum absolute atomic E-state index is 13.8. The lowest BCUT2D eigenvalue weighted by Crippen LogP contribution is -2.40. The van der Waals surface area contributed by atoms with E-state index in [1.54, 1.807) is 58.3 Å². The van der Waals surface area contributed by atoms with Gasteiger partial charge in [0, 0.05) is 14.1 Å². The maximum atomic E-state index is 13.8. The van der Waals surface area contributed by atoms with E-state index in [0.29, 0.717) is 16.1 Å². The van der Waals surface area contributed by atoms with E-state index < -0.39 is 29.7 Å². The molecule has 0 saturated heterocycles. The van der Waals surface area contributed by atoms with Gasteiger partial charge in [-0.15, -0.1) is 11.3 Å². The summed E-state index contributed by atoms with van der Waals surface area (Å²) in [4.78, 5) is 68.0. The summed E-state index contributed by atoms with van der Waals surface area (Å²) in [5.41, 5.74) is 0.919. The number of para-hydroxylation sites is 1. The highest BCUT2D eigenvalue weighted by Gasteiger charge is 2.25. The Morgan fingerprint density at radius 2 is 1.68 bits per heavy atom. The number of fused-ring (bicyclic) bond motifs is 1. The van der Waals surface area contributed by atoms with Crippen molar-refractivity contribution >= 4 is 45.0 Å². The third kappa shape index (κ3) is 5.32. The van der Waals surface area contributed by atoms with Crippen molar-refractivity contribution in [1.82, 2.24) is 14.0 Å². The molecular formula is C29H30N4O6S. The molecule has 10 nitrogen and oxygen atoms in total. The molecule has 0 atom stereocenters. The lowest BCUT2D eigenvalue weighted by atomic mass is 10.1. The van der Waals surface area contributed by atoms with Crippen LogP contribution >= 0.6 is 11.3 Å². The first-order chi connectivity index (χ1) is 19.1. The van der Waals surface area contributed by atoms with Gasteiger partial charge in [0.1, 0.15) is 11.4 Å². The molecule has 40 heavy (non-hydrogen) atoms. The van der Waals surface area contributed by atoms with E-state index in [0.717, 1.165) is 27.9 Å². The molecule has 2 aromatic carbocycles. The molecule has 0 aliphatic carbocycles. The Balaban J connectivity index is 1.88. The first-order valence-electron chi connectivity index (χ1n) is 12.7. The van der Waals surface area contributed by atoms with Crippen molar-refractivity contribution < 1.29 is 19.1 Å². The number of benzene rings is 2. The van der Waals surface area contributed by atoms with Gasteiger partial charge < -0.3 is 15.0 Å². The van der Waals surface area contributed by atoms with Crippen LogP contribution in [0.25, 0.3) is 15.9 Å². The number of aromatic nitrogens is 2. The van der Waals surface area contributed by atoms with E-state index in [1.165, 1.54) is 15.5 Å². The number of nitrogens with one attached hydrogen (secondary N) is 1. The Kier molecular flexibility index (Phi) is 8.34. The van der Waals surface area contributed by atoms with E-state index >= 15 is 0 Å². The summed E-state index contributed by atoms with van der Waals surface area (Å²) in [6.45, 7) is 5.04. The molecule has 0 aliphatic rings. The number of nitrogens with zero attached hydrogens (tertiary/aromatic N) is 3. The number of rotatable bonds is 8. The molecule has 2 aromatic heterocycles. The minimum absolute atomic E-state index is 0.168. The number of anilines is 1. The Labute approximate surface area is 234 Å². The van der Waals surface area contributed by atoms with Gasteiger partial charge >= 0.3 is 11.7 Å². The second-order valence-electron chi connectivity index (χ2n) is 9.28. The Hall–Kier alpha value is -4.51. The van der Waals surface area contributed by atoms with Crippen molar-refractivity contribution in [3.05, 3.63) is 90.9 Å². The van der Waals surface area contributed by atoms with E-state index in [9.17, 15) is 24.0 Å². The van der Waals surface area contributed by atoms with Gasteiger partial charge in [-0.3, -0.25) is 19.0 Å². The summed E-state index contributed by atoms with van der Waals surface area (Å²) >= 11 is 0.992. The molecule has 0 bridgehead atoms. The number of carbonyl (C=O) groups is 3. The van der Waals surface area contributed by atoms with Crippen molar-refractivity contribution in [2.24, 2.45) is 0 Å². The number of carbonyl (C=O) groups excluding carboxylic acids is 3. The second-order valence-corrected chi connectivity index (χ2v) is 10.3. The molecule has 4 aromatic rings. The summed E-state index contributed by atoms with van der Waals surface area (Å²) < 4.78 is 7.29. The fourth-order valence-corrected chi connectivity index (χ4v) is 5.63. The molecule has 4 rings (SSSR count). The van der Waals surface area contributed by atoms with Crippen LogP contribution in [0.15, 0.2) is 58.1 Å². The quantitative estimate of drug-likeness (QED) is 0.328. The van der Waals surface area contributed by atoms with Crippen molar-refractivity contribution in [2.45, 2.75) is 33.7 Å². The standard InChI is InChI=1S/C29H30N4O6S/c1-6-18-12-14-19(15-13-18)33-25(35)23-17(3)24(26(36)31(4)5)40-27(23)32(29(33)38)16-22(34)30-21-11-9-8-10-20(21)28(37)39-7-2/h8-15H,6-7,16H2,1-5H3,(H,30,34). The molecule has 0 radical (unpaired) electrons. The molecular weight excluding hydrogens is 532 g/mol. The SMILES string of the molecule is CCOC(=O)c1ccccc1NC(=O)Cn1c(=O)n(-c2ccc(CC)cc2)c(=O)c2c(C)c(C(=O)N(C)C)sc21. The molecule has 0 saturated carbocycles. The minimum Gasteiger partial charge on any atom is -0.462 e. The van der Waals surface area contributed by atoms with Gasteiger partial charge in [-0.25, -0.2) is 14.2 Å². The predicted octanol–water partition coefficient (Wildman–Crippen LogP) is 3.60. The molecule has 11 heteroatoms. The Bertz CT molecular complexity index is 1730. The number of hydrogen-bond donors (Lipinski definition) is 1. The zero-order valence-corrected chi connectivity index (χ0v) is 23.8. The highest BCUT2D eigenvalue weighted by Crippen LogP contribution is 2.29. The minimum atomic E-state index is -0.722. The van der Waals surface area contributed by atoms with Crippen molar-refractivity contribution in [3.8, 4) is 5.69 Å². The third-order valence-corrected chi connectivity index (χ3v) is 7.72. The molecule has 1 N–H and O–H groups in total. The number of ether oxygens (including phenoxy) is 1. The van der Waals surface area contributed by atoms with Gasteiger partial charge in [-0.05, 0) is 55.7 Å². The highest BCUT2D eigenvalue weighted by molar-refractivity contribution is 7.20. The molecule has 0 spiro atoms. The Morgan fingerprint density at radius 1 is 1.00 bits per heavy atom. The molecule has 0 aliphatic heterocycles. The van der Waals surface area contributed by atoms with Crippen molar-refractivity contribution in [3.63, 3.8) is 0 Å². The van der Waals surface area contributed by atoms with E-state index in [2.05, 4.69) is 5.32 Å². The average Bonchev–Trinajstić information content (AvgIpc) is 3.28. The summed E-state index contributed by atoms with van der Waals surface area (Å²) in [7, 11) is 3.20. The van der Waals surface area contributed by atoms with Gasteiger partial charge in [0.15, 0.2) is 0 Å². The number of aryl methyl sites for hydroxylation is 2. The lowest BCUT2D eigenvalue weighted by molar-refractivity contribution is -0.116. The Morgan fingerprint density at radius 3 is 2.30 bits per heavy atom. The van der Waals surface area contributed by atoms with Crippen molar-refractivity contribution in [2.75, 3.05) is 26.0 Å².